The quantitative estimate of drug-likeness (QED) is 0.448. The van der Waals surface area contributed by atoms with Gasteiger partial charge in [0.25, 0.3) is 5.56 Å². The van der Waals surface area contributed by atoms with Crippen LogP contribution in [0.3, 0.4) is 0 Å². The van der Waals surface area contributed by atoms with E-state index in [0.29, 0.717) is 9.33 Å². The molecule has 0 spiro atoms. The molecule has 31 heavy (non-hydrogen) atoms. The number of thiazole rings is 1. The number of halogens is 1. The van der Waals surface area contributed by atoms with Gasteiger partial charge in [0.1, 0.15) is 5.82 Å². The molecule has 0 amide bonds. The molecule has 4 aromatic rings. The molecule has 0 fully saturated rings. The van der Waals surface area contributed by atoms with Gasteiger partial charge < -0.3 is 0 Å². The van der Waals surface area contributed by atoms with E-state index in [9.17, 15) is 9.18 Å². The van der Waals surface area contributed by atoms with E-state index in [0.717, 1.165) is 40.1 Å². The minimum Gasteiger partial charge on any atom is -0.272 e. The van der Waals surface area contributed by atoms with Crippen LogP contribution in [0.5, 0.6) is 0 Å². The third-order valence-corrected chi connectivity index (χ3v) is 7.66. The Morgan fingerprint density at radius 3 is 2.81 bits per heavy atom. The highest BCUT2D eigenvalue weighted by molar-refractivity contribution is 7.11. The summed E-state index contributed by atoms with van der Waals surface area (Å²) < 4.78 is 16.6. The molecule has 0 bridgehead atoms. The van der Waals surface area contributed by atoms with E-state index in [2.05, 4.69) is 12.1 Å². The molecule has 3 nitrogen and oxygen atoms in total. The van der Waals surface area contributed by atoms with E-state index in [1.807, 2.05) is 41.8 Å². The summed E-state index contributed by atoms with van der Waals surface area (Å²) in [7, 11) is 0. The van der Waals surface area contributed by atoms with Gasteiger partial charge in [-0.1, -0.05) is 53.8 Å². The summed E-state index contributed by atoms with van der Waals surface area (Å²) in [5.41, 5.74) is 5.10. The number of aryl methyl sites for hydroxylation is 1. The van der Waals surface area contributed by atoms with Crippen LogP contribution in [0, 0.1) is 5.82 Å². The van der Waals surface area contributed by atoms with Crippen LogP contribution >= 0.6 is 22.7 Å². The molecule has 1 aliphatic heterocycles. The molecule has 0 N–H and O–H groups in total. The van der Waals surface area contributed by atoms with Crippen molar-refractivity contribution in [2.45, 2.75) is 18.9 Å². The Kier molecular flexibility index (Phi) is 4.37. The first-order chi connectivity index (χ1) is 15.2. The molecule has 2 aromatic carbocycles. The van der Waals surface area contributed by atoms with Crippen molar-refractivity contribution in [3.05, 3.63) is 119 Å². The molecule has 6 rings (SSSR count). The predicted octanol–water partition coefficient (Wildman–Crippen LogP) is 4.52. The number of nitrogens with zero attached hydrogens (tertiary/aromatic N) is 2. The number of thiophene rings is 1. The van der Waals surface area contributed by atoms with Gasteiger partial charge in [-0.15, -0.1) is 11.3 Å². The van der Waals surface area contributed by atoms with Crippen LogP contribution in [0.15, 0.2) is 81.4 Å². The Morgan fingerprint density at radius 1 is 1.06 bits per heavy atom. The number of hydrogen-bond acceptors (Lipinski definition) is 4. The van der Waals surface area contributed by atoms with Crippen molar-refractivity contribution in [1.82, 2.24) is 4.57 Å². The lowest BCUT2D eigenvalue weighted by molar-refractivity contribution is 0.574. The highest BCUT2D eigenvalue weighted by atomic mass is 32.1. The van der Waals surface area contributed by atoms with Gasteiger partial charge in [0.15, 0.2) is 4.80 Å². The maximum atomic E-state index is 14.2. The topological polar surface area (TPSA) is 34.4 Å². The summed E-state index contributed by atoms with van der Waals surface area (Å²) in [6.45, 7) is 0. The molecule has 0 saturated carbocycles. The van der Waals surface area contributed by atoms with E-state index in [1.165, 1.54) is 29.0 Å². The summed E-state index contributed by atoms with van der Waals surface area (Å²) in [6, 6.07) is 18.5. The fraction of sp³-hybridized carbons (Fsp3) is 0.120. The molecule has 0 radical (unpaired) electrons. The number of aromatic nitrogens is 1. The van der Waals surface area contributed by atoms with Gasteiger partial charge in [-0.3, -0.25) is 9.36 Å². The van der Waals surface area contributed by atoms with E-state index in [-0.39, 0.29) is 17.4 Å². The minimum absolute atomic E-state index is 0.0724. The lowest BCUT2D eigenvalue weighted by atomic mass is 9.83. The molecule has 1 atom stereocenters. The van der Waals surface area contributed by atoms with Crippen molar-refractivity contribution in [2.24, 2.45) is 4.99 Å². The van der Waals surface area contributed by atoms with Crippen molar-refractivity contribution in [3.63, 3.8) is 0 Å². The van der Waals surface area contributed by atoms with Crippen molar-refractivity contribution >= 4 is 34.4 Å². The Morgan fingerprint density at radius 2 is 1.97 bits per heavy atom. The summed E-state index contributed by atoms with van der Waals surface area (Å²) >= 11 is 2.99. The Labute approximate surface area is 185 Å². The van der Waals surface area contributed by atoms with E-state index in [1.54, 1.807) is 22.0 Å². The van der Waals surface area contributed by atoms with Crippen molar-refractivity contribution in [3.8, 4) is 0 Å². The molecule has 2 aliphatic rings. The first-order valence-corrected chi connectivity index (χ1v) is 11.8. The highest BCUT2D eigenvalue weighted by Gasteiger charge is 2.32. The average Bonchev–Trinajstić information content (AvgIpc) is 3.40. The Bertz CT molecular complexity index is 1530. The number of fused-ring (bicyclic) bond motifs is 3. The lowest BCUT2D eigenvalue weighted by Crippen LogP contribution is -2.38. The second-order valence-corrected chi connectivity index (χ2v) is 9.67. The molecular weight excluding hydrogens is 427 g/mol. The number of benzene rings is 2. The van der Waals surface area contributed by atoms with Crippen LogP contribution in [-0.4, -0.2) is 4.57 Å². The number of rotatable bonds is 2. The van der Waals surface area contributed by atoms with Crippen LogP contribution in [0.25, 0.3) is 11.8 Å². The second-order valence-electron chi connectivity index (χ2n) is 7.68. The predicted molar refractivity (Wildman–Crippen MR) is 123 cm³/mol. The molecule has 3 heterocycles. The van der Waals surface area contributed by atoms with E-state index >= 15 is 0 Å². The first-order valence-electron chi connectivity index (χ1n) is 10.1. The average molecular weight is 445 g/mol. The van der Waals surface area contributed by atoms with Gasteiger partial charge in [-0.2, -0.15) is 0 Å². The molecule has 1 aliphatic carbocycles. The minimum atomic E-state index is -0.346. The standard InChI is InChI=1S/C25H17FN2OS2/c26-17-7-3-6-16(13-17)23-20-11-10-15-5-1-2-9-19(15)22(20)27-25-28(23)24(29)21(31-25)14-18-8-4-12-30-18/h1-9,12-14,23H,10-11H2/b21-14+/t23-/m0/s1. The van der Waals surface area contributed by atoms with Crippen LogP contribution in [0.1, 0.15) is 34.0 Å². The monoisotopic (exact) mass is 444 g/mol. The molecule has 152 valence electrons. The van der Waals surface area contributed by atoms with Gasteiger partial charge in [0.05, 0.1) is 16.3 Å². The van der Waals surface area contributed by atoms with Crippen LogP contribution in [0.2, 0.25) is 0 Å². The maximum Gasteiger partial charge on any atom is 0.271 e. The molecule has 6 heteroatoms. The zero-order valence-corrected chi connectivity index (χ0v) is 18.0. The van der Waals surface area contributed by atoms with Gasteiger partial charge in [-0.05, 0) is 59.2 Å². The van der Waals surface area contributed by atoms with Gasteiger partial charge in [0.2, 0.25) is 0 Å². The lowest BCUT2D eigenvalue weighted by Gasteiger charge is -2.30. The summed E-state index contributed by atoms with van der Waals surface area (Å²) in [4.78, 5) is 20.2. The molecule has 2 aromatic heterocycles. The zero-order valence-electron chi connectivity index (χ0n) is 16.4. The Balaban J connectivity index is 1.66. The third-order valence-electron chi connectivity index (χ3n) is 5.85. The Hall–Kier alpha value is -3.09. The zero-order chi connectivity index (χ0) is 20.9. The number of allylic oxidation sites excluding steroid dienone is 1. The summed E-state index contributed by atoms with van der Waals surface area (Å²) in [5, 5.41) is 1.99. The fourth-order valence-corrected chi connectivity index (χ4v) is 6.23. The van der Waals surface area contributed by atoms with Gasteiger partial charge >= 0.3 is 0 Å². The molecular formula is C25H17FN2OS2. The largest absolute Gasteiger partial charge is 0.272 e. The van der Waals surface area contributed by atoms with E-state index in [4.69, 9.17) is 4.99 Å². The smallest absolute Gasteiger partial charge is 0.271 e. The van der Waals surface area contributed by atoms with Crippen molar-refractivity contribution in [2.75, 3.05) is 0 Å². The second kappa shape index (κ2) is 7.25. The van der Waals surface area contributed by atoms with Crippen molar-refractivity contribution in [1.29, 1.82) is 0 Å². The van der Waals surface area contributed by atoms with Gasteiger partial charge in [0, 0.05) is 10.4 Å². The fourth-order valence-electron chi connectivity index (χ4n) is 4.50. The maximum absolute atomic E-state index is 14.2. The van der Waals surface area contributed by atoms with Crippen LogP contribution in [-0.2, 0) is 6.42 Å². The third kappa shape index (κ3) is 3.06. The molecule has 0 saturated heterocycles. The van der Waals surface area contributed by atoms with Gasteiger partial charge in [-0.25, -0.2) is 9.38 Å². The molecule has 0 unspecified atom stereocenters. The normalized spacial score (nSPS) is 17.7. The summed E-state index contributed by atoms with van der Waals surface area (Å²) in [6.07, 6.45) is 3.61. The number of hydrogen-bond donors (Lipinski definition) is 0. The SMILES string of the molecule is O=c1/c(=C\c2cccs2)sc2n1[C@@H](c1cccc(F)c1)C1=C(N=2)c2ccccc2CC1. The van der Waals surface area contributed by atoms with E-state index < -0.39 is 0 Å². The van der Waals surface area contributed by atoms with Crippen molar-refractivity contribution < 1.29 is 4.39 Å². The van der Waals surface area contributed by atoms with Crippen LogP contribution in [0.4, 0.5) is 4.39 Å². The highest BCUT2D eigenvalue weighted by Crippen LogP contribution is 2.41. The van der Waals surface area contributed by atoms with Crippen LogP contribution < -0.4 is 14.9 Å². The first kappa shape index (κ1) is 18.7. The summed E-state index contributed by atoms with van der Waals surface area (Å²) in [5.74, 6) is -0.298.